The van der Waals surface area contributed by atoms with Gasteiger partial charge in [0.2, 0.25) is 5.91 Å². The molecule has 2 radical (unpaired) electrons. The van der Waals surface area contributed by atoms with Crippen LogP contribution in [0.1, 0.15) is 25.7 Å². The monoisotopic (exact) mass is 265 g/mol. The SMILES string of the molecule is [B]CCC[C@H]1CN(C(=O)C2(N)CC2)C[C@@]1(N)C(=O)O. The smallest absolute Gasteiger partial charge is 0.325 e. The van der Waals surface area contributed by atoms with E-state index in [1.165, 1.54) is 4.90 Å². The van der Waals surface area contributed by atoms with Gasteiger partial charge in [-0.25, -0.2) is 0 Å². The van der Waals surface area contributed by atoms with Gasteiger partial charge in [-0.3, -0.25) is 9.59 Å². The molecule has 1 aliphatic heterocycles. The molecule has 6 nitrogen and oxygen atoms in total. The number of hydrogen-bond acceptors (Lipinski definition) is 4. The number of aliphatic carboxylic acids is 1. The van der Waals surface area contributed by atoms with Gasteiger partial charge in [-0.15, -0.1) is 0 Å². The molecule has 0 aromatic carbocycles. The molecule has 1 amide bonds. The van der Waals surface area contributed by atoms with E-state index in [1.54, 1.807) is 0 Å². The van der Waals surface area contributed by atoms with Gasteiger partial charge < -0.3 is 21.5 Å². The number of nitrogens with zero attached hydrogens (tertiary/aromatic N) is 1. The molecular weight excluding hydrogens is 245 g/mol. The van der Waals surface area contributed by atoms with Gasteiger partial charge in [-0.05, 0) is 19.3 Å². The summed E-state index contributed by atoms with van der Waals surface area (Å²) in [4.78, 5) is 25.1. The first kappa shape index (κ1) is 14.3. The van der Waals surface area contributed by atoms with Crippen molar-refractivity contribution in [3.05, 3.63) is 0 Å². The van der Waals surface area contributed by atoms with Gasteiger partial charge in [0.1, 0.15) is 5.54 Å². The average molecular weight is 265 g/mol. The van der Waals surface area contributed by atoms with E-state index < -0.39 is 17.0 Å². The largest absolute Gasteiger partial charge is 0.480 e. The van der Waals surface area contributed by atoms with E-state index in [0.29, 0.717) is 38.5 Å². The minimum Gasteiger partial charge on any atom is -0.480 e. The molecule has 0 spiro atoms. The molecule has 2 atom stereocenters. The minimum absolute atomic E-state index is 0.0371. The van der Waals surface area contributed by atoms with Crippen molar-refractivity contribution < 1.29 is 14.7 Å². The van der Waals surface area contributed by atoms with Gasteiger partial charge in [-0.2, -0.15) is 0 Å². The van der Waals surface area contributed by atoms with Gasteiger partial charge in [0, 0.05) is 19.0 Å². The van der Waals surface area contributed by atoms with Crippen LogP contribution in [-0.4, -0.2) is 53.9 Å². The van der Waals surface area contributed by atoms with Crippen LogP contribution in [0.4, 0.5) is 0 Å². The highest BCUT2D eigenvalue weighted by atomic mass is 16.4. The summed E-state index contributed by atoms with van der Waals surface area (Å²) in [6.45, 7) is 0.399. The van der Waals surface area contributed by atoms with E-state index in [9.17, 15) is 14.7 Å². The minimum atomic E-state index is -1.38. The van der Waals surface area contributed by atoms with Gasteiger partial charge in [0.15, 0.2) is 0 Å². The molecule has 0 aromatic rings. The average Bonchev–Trinajstić information content (AvgIpc) is 3.01. The van der Waals surface area contributed by atoms with Crippen LogP contribution in [0.2, 0.25) is 6.32 Å². The number of amides is 1. The predicted octanol–water partition coefficient (Wildman–Crippen LogP) is -0.915. The third-order valence-corrected chi connectivity index (χ3v) is 4.28. The molecule has 2 rings (SSSR count). The summed E-state index contributed by atoms with van der Waals surface area (Å²) in [5.41, 5.74) is 9.73. The summed E-state index contributed by atoms with van der Waals surface area (Å²) in [7, 11) is 5.46. The van der Waals surface area contributed by atoms with Crippen molar-refractivity contribution in [1.82, 2.24) is 4.90 Å². The number of carbonyl (C=O) groups is 2. The first-order valence-electron chi connectivity index (χ1n) is 6.64. The molecule has 0 bridgehead atoms. The molecule has 5 N–H and O–H groups in total. The fraction of sp³-hybridized carbons (Fsp3) is 0.833. The van der Waals surface area contributed by atoms with E-state index in [2.05, 4.69) is 0 Å². The summed E-state index contributed by atoms with van der Waals surface area (Å²) in [6, 6.07) is 0. The second-order valence-electron chi connectivity index (χ2n) is 5.82. The summed E-state index contributed by atoms with van der Waals surface area (Å²) < 4.78 is 0. The lowest BCUT2D eigenvalue weighted by atomic mass is 9.83. The maximum absolute atomic E-state index is 12.2. The van der Waals surface area contributed by atoms with Crippen LogP contribution in [0.25, 0.3) is 0 Å². The van der Waals surface area contributed by atoms with Crippen molar-refractivity contribution in [2.75, 3.05) is 13.1 Å². The van der Waals surface area contributed by atoms with Crippen molar-refractivity contribution >= 4 is 19.7 Å². The quantitative estimate of drug-likeness (QED) is 0.557. The molecule has 19 heavy (non-hydrogen) atoms. The second-order valence-corrected chi connectivity index (χ2v) is 5.82. The molecular formula is C12H20BN3O3. The zero-order chi connectivity index (χ0) is 14.3. The molecule has 0 unspecified atom stereocenters. The summed E-state index contributed by atoms with van der Waals surface area (Å²) in [6.07, 6.45) is 3.13. The van der Waals surface area contributed by atoms with Gasteiger partial charge in [-0.1, -0.05) is 12.7 Å². The highest BCUT2D eigenvalue weighted by molar-refractivity contribution is 6.08. The fourth-order valence-corrected chi connectivity index (χ4v) is 2.71. The predicted molar refractivity (Wildman–Crippen MR) is 70.6 cm³/mol. The lowest BCUT2D eigenvalue weighted by Crippen LogP contribution is -2.55. The molecule has 104 valence electrons. The van der Waals surface area contributed by atoms with Crippen molar-refractivity contribution in [1.29, 1.82) is 0 Å². The van der Waals surface area contributed by atoms with Crippen molar-refractivity contribution in [3.8, 4) is 0 Å². The van der Waals surface area contributed by atoms with Crippen molar-refractivity contribution in [2.24, 2.45) is 17.4 Å². The van der Waals surface area contributed by atoms with E-state index in [1.807, 2.05) is 0 Å². The third-order valence-electron chi connectivity index (χ3n) is 4.28. The Morgan fingerprint density at radius 3 is 2.47 bits per heavy atom. The Hall–Kier alpha value is -1.08. The van der Waals surface area contributed by atoms with E-state index in [4.69, 9.17) is 19.3 Å². The number of likely N-dealkylation sites (tertiary alicyclic amines) is 1. The molecule has 7 heteroatoms. The van der Waals surface area contributed by atoms with Crippen LogP contribution in [0.3, 0.4) is 0 Å². The van der Waals surface area contributed by atoms with E-state index >= 15 is 0 Å². The molecule has 0 aromatic heterocycles. The standard InChI is InChI=1S/C12H20BN3O3/c13-5-1-2-8-6-16(7-12(8,15)10(18)19)9(17)11(14)3-4-11/h8H,1-7,14-15H2,(H,18,19)/t8-,12-/m0/s1. The van der Waals surface area contributed by atoms with Crippen LogP contribution in [0.5, 0.6) is 0 Å². The number of carbonyl (C=O) groups excluding carboxylic acids is 1. The Morgan fingerprint density at radius 1 is 1.37 bits per heavy atom. The maximum Gasteiger partial charge on any atom is 0.325 e. The maximum atomic E-state index is 12.2. The Morgan fingerprint density at radius 2 is 2.00 bits per heavy atom. The molecule has 1 heterocycles. The first-order chi connectivity index (χ1) is 8.83. The number of hydrogen-bond donors (Lipinski definition) is 3. The Kier molecular flexibility index (Phi) is 3.62. The molecule has 1 aliphatic carbocycles. The van der Waals surface area contributed by atoms with E-state index in [0.717, 1.165) is 0 Å². The van der Waals surface area contributed by atoms with Gasteiger partial charge >= 0.3 is 5.97 Å². The molecule has 1 saturated heterocycles. The lowest BCUT2D eigenvalue weighted by molar-refractivity contribution is -0.144. The number of nitrogens with two attached hydrogens (primary N) is 2. The summed E-state index contributed by atoms with van der Waals surface area (Å²) in [5, 5.41) is 9.33. The summed E-state index contributed by atoms with van der Waals surface area (Å²) in [5.74, 6) is -1.50. The Balaban J connectivity index is 2.10. The van der Waals surface area contributed by atoms with Crippen LogP contribution in [0, 0.1) is 5.92 Å². The topological polar surface area (TPSA) is 110 Å². The zero-order valence-corrected chi connectivity index (χ0v) is 11.0. The number of carboxylic acid groups (broad SMARTS) is 1. The van der Waals surface area contributed by atoms with Crippen LogP contribution >= 0.6 is 0 Å². The normalized spacial score (nSPS) is 32.3. The molecule has 1 saturated carbocycles. The molecule has 2 fully saturated rings. The lowest BCUT2D eigenvalue weighted by Gasteiger charge is -2.25. The van der Waals surface area contributed by atoms with Crippen molar-refractivity contribution in [2.45, 2.75) is 43.1 Å². The van der Waals surface area contributed by atoms with Crippen LogP contribution < -0.4 is 11.5 Å². The zero-order valence-electron chi connectivity index (χ0n) is 11.0. The summed E-state index contributed by atoms with van der Waals surface area (Å²) >= 11 is 0. The fourth-order valence-electron chi connectivity index (χ4n) is 2.71. The Labute approximate surface area is 113 Å². The number of carboxylic acids is 1. The van der Waals surface area contributed by atoms with Crippen molar-refractivity contribution in [3.63, 3.8) is 0 Å². The van der Waals surface area contributed by atoms with E-state index in [-0.39, 0.29) is 18.4 Å². The second kappa shape index (κ2) is 4.79. The highest BCUT2D eigenvalue weighted by Gasteiger charge is 2.55. The highest BCUT2D eigenvalue weighted by Crippen LogP contribution is 2.38. The first-order valence-corrected chi connectivity index (χ1v) is 6.64. The van der Waals surface area contributed by atoms with Crippen LogP contribution in [0.15, 0.2) is 0 Å². The van der Waals surface area contributed by atoms with Gasteiger partial charge in [0.25, 0.3) is 0 Å². The molecule has 2 aliphatic rings. The Bertz CT molecular complexity index is 400. The number of rotatable bonds is 5. The van der Waals surface area contributed by atoms with Gasteiger partial charge in [0.05, 0.1) is 13.4 Å². The third kappa shape index (κ3) is 2.49. The van der Waals surface area contributed by atoms with Crippen LogP contribution in [-0.2, 0) is 9.59 Å².